The van der Waals surface area contributed by atoms with Crippen LogP contribution in [0.4, 0.5) is 0 Å². The van der Waals surface area contributed by atoms with Crippen LogP contribution in [-0.2, 0) is 24.0 Å². The number of rotatable bonds is 7. The van der Waals surface area contributed by atoms with Crippen molar-refractivity contribution in [3.8, 4) is 0 Å². The van der Waals surface area contributed by atoms with Crippen LogP contribution in [0, 0.1) is 13.8 Å². The van der Waals surface area contributed by atoms with Crippen LogP contribution in [0.25, 0.3) is 0 Å². The van der Waals surface area contributed by atoms with Crippen LogP contribution in [0.3, 0.4) is 0 Å². The summed E-state index contributed by atoms with van der Waals surface area (Å²) in [5.74, 6) is -1.52. The molecule has 1 saturated heterocycles. The fourth-order valence-corrected chi connectivity index (χ4v) is 4.22. The van der Waals surface area contributed by atoms with E-state index >= 15 is 0 Å². The fraction of sp³-hybridized carbons (Fsp3) is 0.348. The van der Waals surface area contributed by atoms with Crippen LogP contribution >= 0.6 is 11.8 Å². The van der Waals surface area contributed by atoms with Gasteiger partial charge >= 0.3 is 17.9 Å². The normalized spacial score (nSPS) is 20.2. The molecule has 0 amide bonds. The van der Waals surface area contributed by atoms with Crippen molar-refractivity contribution in [3.05, 3.63) is 70.8 Å². The number of esters is 2. The Morgan fingerprint density at radius 1 is 0.903 bits per heavy atom. The van der Waals surface area contributed by atoms with Crippen LogP contribution in [0.5, 0.6) is 0 Å². The quantitative estimate of drug-likeness (QED) is 0.360. The predicted octanol–water partition coefficient (Wildman–Crippen LogP) is 4.01. The Morgan fingerprint density at radius 2 is 1.45 bits per heavy atom. The highest BCUT2D eigenvalue weighted by molar-refractivity contribution is 8.00. The highest BCUT2D eigenvalue weighted by Gasteiger charge is 2.40. The van der Waals surface area contributed by atoms with Crippen LogP contribution in [-0.4, -0.2) is 41.3 Å². The SMILES string of the molecule is CC(=O)OOC1C[C@H](OC(=O)c2ccc(C)cc2)[C@@H](COC(=O)c2ccc(C)cc2)S1. The van der Waals surface area contributed by atoms with Gasteiger partial charge in [-0.2, -0.15) is 4.89 Å². The first-order chi connectivity index (χ1) is 14.8. The van der Waals surface area contributed by atoms with E-state index in [9.17, 15) is 14.4 Å². The molecule has 0 bridgehead atoms. The van der Waals surface area contributed by atoms with Gasteiger partial charge in [0.2, 0.25) is 0 Å². The van der Waals surface area contributed by atoms with Gasteiger partial charge in [-0.25, -0.2) is 14.4 Å². The Balaban J connectivity index is 1.64. The lowest BCUT2D eigenvalue weighted by Crippen LogP contribution is -2.29. The van der Waals surface area contributed by atoms with Crippen molar-refractivity contribution in [2.24, 2.45) is 0 Å². The maximum absolute atomic E-state index is 12.6. The molecule has 0 aliphatic carbocycles. The van der Waals surface area contributed by atoms with Crippen molar-refractivity contribution in [3.63, 3.8) is 0 Å². The van der Waals surface area contributed by atoms with Gasteiger partial charge in [0.25, 0.3) is 0 Å². The summed E-state index contributed by atoms with van der Waals surface area (Å²) in [6.07, 6.45) is -0.285. The minimum absolute atomic E-state index is 0.0170. The van der Waals surface area contributed by atoms with Gasteiger partial charge in [0.15, 0.2) is 5.44 Å². The molecule has 164 valence electrons. The van der Waals surface area contributed by atoms with E-state index < -0.39 is 29.4 Å². The van der Waals surface area contributed by atoms with Crippen molar-refractivity contribution in [2.75, 3.05) is 6.61 Å². The third-order valence-electron chi connectivity index (χ3n) is 4.65. The molecule has 7 nitrogen and oxygen atoms in total. The molecule has 31 heavy (non-hydrogen) atoms. The number of hydrogen-bond acceptors (Lipinski definition) is 8. The number of aryl methyl sites for hydroxylation is 2. The third kappa shape index (κ3) is 6.57. The molecule has 2 aromatic rings. The van der Waals surface area contributed by atoms with E-state index in [2.05, 4.69) is 4.89 Å². The van der Waals surface area contributed by atoms with Crippen LogP contribution in [0.1, 0.15) is 45.2 Å². The van der Waals surface area contributed by atoms with Crippen molar-refractivity contribution in [2.45, 2.75) is 44.0 Å². The minimum atomic E-state index is -0.581. The van der Waals surface area contributed by atoms with Gasteiger partial charge in [-0.3, -0.25) is 4.89 Å². The largest absolute Gasteiger partial charge is 0.461 e. The molecule has 1 heterocycles. The Bertz CT molecular complexity index is 924. The number of thioether (sulfide) groups is 1. The maximum atomic E-state index is 12.6. The lowest BCUT2D eigenvalue weighted by atomic mass is 10.1. The molecular weight excluding hydrogens is 420 g/mol. The Kier molecular flexibility index (Phi) is 7.70. The van der Waals surface area contributed by atoms with E-state index in [0.717, 1.165) is 11.1 Å². The van der Waals surface area contributed by atoms with Crippen LogP contribution < -0.4 is 0 Å². The zero-order valence-electron chi connectivity index (χ0n) is 17.5. The average molecular weight is 445 g/mol. The molecule has 1 fully saturated rings. The van der Waals surface area contributed by atoms with Gasteiger partial charge < -0.3 is 9.47 Å². The van der Waals surface area contributed by atoms with E-state index in [1.54, 1.807) is 24.3 Å². The van der Waals surface area contributed by atoms with Crippen molar-refractivity contribution in [1.29, 1.82) is 0 Å². The summed E-state index contributed by atoms with van der Waals surface area (Å²) >= 11 is 1.29. The summed E-state index contributed by atoms with van der Waals surface area (Å²) in [7, 11) is 0. The first kappa shape index (κ1) is 22.8. The summed E-state index contributed by atoms with van der Waals surface area (Å²) < 4.78 is 11.1. The first-order valence-corrected chi connectivity index (χ1v) is 10.8. The molecule has 1 aliphatic rings. The van der Waals surface area contributed by atoms with Gasteiger partial charge in [-0.05, 0) is 38.1 Å². The van der Waals surface area contributed by atoms with E-state index in [1.165, 1.54) is 18.7 Å². The van der Waals surface area contributed by atoms with Gasteiger partial charge in [0.05, 0.1) is 16.4 Å². The highest BCUT2D eigenvalue weighted by atomic mass is 32.2. The van der Waals surface area contributed by atoms with Gasteiger partial charge in [-0.15, -0.1) is 11.8 Å². The lowest BCUT2D eigenvalue weighted by Gasteiger charge is -2.19. The smallest absolute Gasteiger partial charge is 0.339 e. The number of benzene rings is 2. The molecule has 3 atom stereocenters. The lowest BCUT2D eigenvalue weighted by molar-refractivity contribution is -0.279. The highest BCUT2D eigenvalue weighted by Crippen LogP contribution is 2.37. The molecular formula is C23H24O7S. The molecule has 0 radical (unpaired) electrons. The summed E-state index contributed by atoms with van der Waals surface area (Å²) in [6.45, 7) is 5.11. The van der Waals surface area contributed by atoms with E-state index in [0.29, 0.717) is 17.5 Å². The number of hydrogen-bond donors (Lipinski definition) is 0. The zero-order valence-corrected chi connectivity index (χ0v) is 18.3. The molecule has 1 unspecified atom stereocenters. The van der Waals surface area contributed by atoms with Crippen LogP contribution in [0.15, 0.2) is 48.5 Å². The molecule has 1 aliphatic heterocycles. The Hall–Kier alpha value is -2.84. The topological polar surface area (TPSA) is 88.1 Å². The standard InChI is InChI=1S/C23H24O7S/c1-14-4-8-17(9-5-14)22(25)27-13-20-19(12-21(31-20)30-29-16(3)24)28-23(26)18-10-6-15(2)7-11-18/h4-11,19-21H,12-13H2,1-3H3/t19-,20+,21?/m0/s1. The molecule has 8 heteroatoms. The molecule has 0 aromatic heterocycles. The first-order valence-electron chi connectivity index (χ1n) is 9.82. The van der Waals surface area contributed by atoms with Gasteiger partial charge in [-0.1, -0.05) is 35.4 Å². The van der Waals surface area contributed by atoms with Crippen molar-refractivity contribution < 1.29 is 33.6 Å². The second kappa shape index (κ2) is 10.5. The number of carbonyl (C=O) groups is 3. The number of ether oxygens (including phenoxy) is 2. The summed E-state index contributed by atoms with van der Waals surface area (Å²) in [5.41, 5.74) is 2.40. The molecule has 3 rings (SSSR count). The van der Waals surface area contributed by atoms with Crippen LogP contribution in [0.2, 0.25) is 0 Å². The molecule has 0 spiro atoms. The third-order valence-corrected chi connectivity index (χ3v) is 6.01. The van der Waals surface area contributed by atoms with E-state index in [4.69, 9.17) is 14.4 Å². The number of carbonyl (C=O) groups excluding carboxylic acids is 3. The van der Waals surface area contributed by atoms with Crippen molar-refractivity contribution in [1.82, 2.24) is 0 Å². The van der Waals surface area contributed by atoms with Gasteiger partial charge in [0.1, 0.15) is 12.7 Å². The Morgan fingerprint density at radius 3 is 2.00 bits per heavy atom. The molecule has 0 N–H and O–H groups in total. The Labute approximate surface area is 184 Å². The fourth-order valence-electron chi connectivity index (χ4n) is 2.96. The maximum Gasteiger partial charge on any atom is 0.339 e. The average Bonchev–Trinajstić information content (AvgIpc) is 3.13. The molecule has 0 saturated carbocycles. The summed E-state index contributed by atoms with van der Waals surface area (Å²) in [4.78, 5) is 45.7. The predicted molar refractivity (Wildman–Crippen MR) is 114 cm³/mol. The monoisotopic (exact) mass is 444 g/mol. The summed E-state index contributed by atoms with van der Waals surface area (Å²) in [5, 5.41) is -0.371. The van der Waals surface area contributed by atoms with E-state index in [1.807, 2.05) is 38.1 Å². The van der Waals surface area contributed by atoms with Crippen molar-refractivity contribution >= 4 is 29.7 Å². The second-order valence-corrected chi connectivity index (χ2v) is 8.69. The minimum Gasteiger partial charge on any atom is -0.461 e. The zero-order chi connectivity index (χ0) is 22.4. The molecule has 2 aromatic carbocycles. The van der Waals surface area contributed by atoms with Gasteiger partial charge in [0, 0.05) is 13.3 Å². The summed E-state index contributed by atoms with van der Waals surface area (Å²) in [6, 6.07) is 14.1. The second-order valence-electron chi connectivity index (χ2n) is 7.29. The van der Waals surface area contributed by atoms with E-state index in [-0.39, 0.29) is 11.9 Å².